The van der Waals surface area contributed by atoms with Crippen molar-refractivity contribution in [2.75, 3.05) is 31.8 Å². The first-order valence-corrected chi connectivity index (χ1v) is 7.99. The molecule has 0 saturated carbocycles. The summed E-state index contributed by atoms with van der Waals surface area (Å²) < 4.78 is 15.5. The number of amides is 1. The van der Waals surface area contributed by atoms with E-state index in [1.54, 1.807) is 29.2 Å². The van der Waals surface area contributed by atoms with Crippen molar-refractivity contribution in [2.24, 2.45) is 0 Å². The third-order valence-corrected chi connectivity index (χ3v) is 3.96. The Morgan fingerprint density at radius 2 is 1.72 bits per heavy atom. The summed E-state index contributed by atoms with van der Waals surface area (Å²) in [5.41, 5.74) is 2.01. The normalized spacial score (nSPS) is 12.4. The number of esters is 1. The molecule has 0 unspecified atom stereocenters. The first-order chi connectivity index (χ1) is 12.2. The lowest BCUT2D eigenvalue weighted by atomic mass is 10.2. The molecule has 2 aromatic carbocycles. The van der Waals surface area contributed by atoms with Gasteiger partial charge >= 0.3 is 5.97 Å². The quantitative estimate of drug-likeness (QED) is 0.754. The zero-order valence-electron chi connectivity index (χ0n) is 13.9. The molecule has 1 aliphatic rings. The monoisotopic (exact) mass is 341 g/mol. The maximum Gasteiger partial charge on any atom is 0.344 e. The number of rotatable bonds is 6. The van der Waals surface area contributed by atoms with E-state index >= 15 is 0 Å². The average Bonchev–Trinajstić information content (AvgIpc) is 3.09. The smallest absolute Gasteiger partial charge is 0.344 e. The lowest BCUT2D eigenvalue weighted by molar-refractivity contribution is -0.149. The fourth-order valence-corrected chi connectivity index (χ4v) is 2.73. The van der Waals surface area contributed by atoms with Crippen molar-refractivity contribution in [1.82, 2.24) is 0 Å². The van der Waals surface area contributed by atoms with Crippen molar-refractivity contribution < 1.29 is 23.8 Å². The summed E-state index contributed by atoms with van der Waals surface area (Å²) in [4.78, 5) is 25.7. The Bertz CT molecular complexity index is 774. The lowest BCUT2D eigenvalue weighted by Gasteiger charge is -2.17. The molecule has 0 saturated heterocycles. The van der Waals surface area contributed by atoms with Gasteiger partial charge in [-0.05, 0) is 30.2 Å². The summed E-state index contributed by atoms with van der Waals surface area (Å²) in [5.74, 6) is 0.129. The van der Waals surface area contributed by atoms with E-state index in [1.165, 1.54) is 7.11 Å². The Labute approximate surface area is 145 Å². The van der Waals surface area contributed by atoms with Gasteiger partial charge < -0.3 is 19.1 Å². The van der Waals surface area contributed by atoms with Gasteiger partial charge in [-0.15, -0.1) is 0 Å². The Morgan fingerprint density at radius 1 is 1.00 bits per heavy atom. The van der Waals surface area contributed by atoms with Gasteiger partial charge in [0.05, 0.1) is 7.11 Å². The number of ether oxygens (including phenoxy) is 3. The molecular weight excluding hydrogens is 322 g/mol. The number of fused-ring (bicyclic) bond motifs is 1. The van der Waals surface area contributed by atoms with Gasteiger partial charge in [-0.3, -0.25) is 4.79 Å². The number of nitrogens with zero attached hydrogens (tertiary/aromatic N) is 1. The van der Waals surface area contributed by atoms with E-state index in [9.17, 15) is 9.59 Å². The number of carbonyl (C=O) groups excluding carboxylic acids is 2. The molecule has 1 amide bonds. The van der Waals surface area contributed by atoms with Crippen LogP contribution in [0.4, 0.5) is 5.69 Å². The minimum atomic E-state index is -0.605. The molecule has 0 radical (unpaired) electrons. The van der Waals surface area contributed by atoms with Crippen LogP contribution in [0.15, 0.2) is 48.5 Å². The Morgan fingerprint density at radius 3 is 2.52 bits per heavy atom. The molecular formula is C19H19NO5. The van der Waals surface area contributed by atoms with E-state index in [4.69, 9.17) is 14.2 Å². The zero-order valence-corrected chi connectivity index (χ0v) is 13.9. The van der Waals surface area contributed by atoms with E-state index in [0.29, 0.717) is 18.0 Å². The number of benzene rings is 2. The fourth-order valence-electron chi connectivity index (χ4n) is 2.73. The highest BCUT2D eigenvalue weighted by Gasteiger charge is 2.24. The highest BCUT2D eigenvalue weighted by molar-refractivity contribution is 5.97. The van der Waals surface area contributed by atoms with Crippen LogP contribution in [-0.2, 0) is 20.7 Å². The van der Waals surface area contributed by atoms with Gasteiger partial charge in [0.25, 0.3) is 5.91 Å². The first-order valence-electron chi connectivity index (χ1n) is 7.99. The first kappa shape index (κ1) is 16.8. The molecule has 3 rings (SSSR count). The molecule has 130 valence electrons. The molecule has 0 spiro atoms. The number of para-hydroxylation sites is 3. The van der Waals surface area contributed by atoms with E-state index in [1.807, 2.05) is 24.3 Å². The molecule has 2 aromatic rings. The molecule has 6 heteroatoms. The molecule has 0 N–H and O–H groups in total. The predicted octanol–water partition coefficient (Wildman–Crippen LogP) is 2.21. The highest BCUT2D eigenvalue weighted by Crippen LogP contribution is 2.27. The maximum absolute atomic E-state index is 12.3. The van der Waals surface area contributed by atoms with E-state index in [0.717, 1.165) is 17.7 Å². The van der Waals surface area contributed by atoms with Crippen LogP contribution < -0.4 is 14.4 Å². The van der Waals surface area contributed by atoms with Crippen LogP contribution in [0.3, 0.4) is 0 Å². The predicted molar refractivity (Wildman–Crippen MR) is 91.9 cm³/mol. The number of hydrogen-bond donors (Lipinski definition) is 0. The third kappa shape index (κ3) is 3.91. The van der Waals surface area contributed by atoms with Gasteiger partial charge in [-0.25, -0.2) is 4.79 Å². The molecule has 1 aliphatic heterocycles. The van der Waals surface area contributed by atoms with E-state index < -0.39 is 5.97 Å². The van der Waals surface area contributed by atoms with Gasteiger partial charge in [0, 0.05) is 12.2 Å². The van der Waals surface area contributed by atoms with Crippen LogP contribution in [0.1, 0.15) is 5.56 Å². The summed E-state index contributed by atoms with van der Waals surface area (Å²) in [6.07, 6.45) is 0.812. The minimum Gasteiger partial charge on any atom is -0.493 e. The highest BCUT2D eigenvalue weighted by atomic mass is 16.6. The Hall–Kier alpha value is -3.02. The number of anilines is 1. The second-order valence-electron chi connectivity index (χ2n) is 5.52. The lowest BCUT2D eigenvalue weighted by Crippen LogP contribution is -2.33. The van der Waals surface area contributed by atoms with Crippen LogP contribution >= 0.6 is 0 Å². The summed E-state index contributed by atoms with van der Waals surface area (Å²) in [5, 5.41) is 0. The Balaban J connectivity index is 1.49. The van der Waals surface area contributed by atoms with Crippen molar-refractivity contribution in [2.45, 2.75) is 6.42 Å². The van der Waals surface area contributed by atoms with E-state index in [-0.39, 0.29) is 19.1 Å². The zero-order chi connectivity index (χ0) is 17.6. The van der Waals surface area contributed by atoms with Crippen molar-refractivity contribution in [1.29, 1.82) is 0 Å². The van der Waals surface area contributed by atoms with Crippen molar-refractivity contribution >= 4 is 17.6 Å². The molecule has 25 heavy (non-hydrogen) atoms. The summed E-state index contributed by atoms with van der Waals surface area (Å²) in [6.45, 7) is 0.0140. The molecule has 0 bridgehead atoms. The minimum absolute atomic E-state index is 0.240. The SMILES string of the molecule is COc1ccccc1OCC(=O)OCC(=O)N1CCc2ccccc21. The van der Waals surface area contributed by atoms with Crippen molar-refractivity contribution in [3.05, 3.63) is 54.1 Å². The second kappa shape index (κ2) is 7.70. The van der Waals surface area contributed by atoms with Crippen LogP contribution in [0.2, 0.25) is 0 Å². The van der Waals surface area contributed by atoms with Crippen LogP contribution in [0.25, 0.3) is 0 Å². The summed E-state index contributed by atoms with van der Waals surface area (Å²) in [6, 6.07) is 14.7. The topological polar surface area (TPSA) is 65.1 Å². The number of methoxy groups -OCH3 is 1. The summed E-state index contributed by atoms with van der Waals surface area (Å²) in [7, 11) is 1.52. The molecule has 1 heterocycles. The number of carbonyl (C=O) groups is 2. The largest absolute Gasteiger partial charge is 0.493 e. The van der Waals surface area contributed by atoms with Crippen molar-refractivity contribution in [3.8, 4) is 11.5 Å². The second-order valence-corrected chi connectivity index (χ2v) is 5.52. The standard InChI is InChI=1S/C19H19NO5/c1-23-16-8-4-5-9-17(16)24-13-19(22)25-12-18(21)20-11-10-14-6-2-3-7-15(14)20/h2-9H,10-13H2,1H3. The molecule has 6 nitrogen and oxygen atoms in total. The van der Waals surface area contributed by atoms with Gasteiger partial charge in [0.2, 0.25) is 0 Å². The van der Waals surface area contributed by atoms with Gasteiger partial charge in [0.1, 0.15) is 0 Å². The van der Waals surface area contributed by atoms with Crippen LogP contribution in [0, 0.1) is 0 Å². The average molecular weight is 341 g/mol. The van der Waals surface area contributed by atoms with Crippen LogP contribution in [0.5, 0.6) is 11.5 Å². The van der Waals surface area contributed by atoms with E-state index in [2.05, 4.69) is 0 Å². The molecule has 0 aromatic heterocycles. The van der Waals surface area contributed by atoms with Gasteiger partial charge in [-0.1, -0.05) is 30.3 Å². The summed E-state index contributed by atoms with van der Waals surface area (Å²) >= 11 is 0. The number of hydrogen-bond acceptors (Lipinski definition) is 5. The fraction of sp³-hybridized carbons (Fsp3) is 0.263. The van der Waals surface area contributed by atoms with Crippen LogP contribution in [-0.4, -0.2) is 38.7 Å². The molecule has 0 fully saturated rings. The van der Waals surface area contributed by atoms with Gasteiger partial charge in [-0.2, -0.15) is 0 Å². The Kier molecular flexibility index (Phi) is 5.18. The molecule has 0 atom stereocenters. The van der Waals surface area contributed by atoms with Gasteiger partial charge in [0.15, 0.2) is 24.7 Å². The maximum atomic E-state index is 12.3. The third-order valence-electron chi connectivity index (χ3n) is 3.96. The molecule has 0 aliphatic carbocycles. The van der Waals surface area contributed by atoms with Crippen molar-refractivity contribution in [3.63, 3.8) is 0 Å².